The van der Waals surface area contributed by atoms with Crippen molar-refractivity contribution < 1.29 is 4.74 Å². The minimum absolute atomic E-state index is 0.459. The van der Waals surface area contributed by atoms with E-state index < -0.39 is 0 Å². The summed E-state index contributed by atoms with van der Waals surface area (Å²) in [5, 5.41) is 6.89. The first-order valence-corrected chi connectivity index (χ1v) is 4.86. The number of hydrogen-bond donors (Lipinski definition) is 1. The van der Waals surface area contributed by atoms with Crippen LogP contribution in [0.3, 0.4) is 0 Å². The largest absolute Gasteiger partial charge is 0.466 e. The van der Waals surface area contributed by atoms with E-state index >= 15 is 0 Å². The molecule has 1 fully saturated rings. The molecule has 1 N–H and O–H groups in total. The Balaban J connectivity index is 2.05. The average Bonchev–Trinajstić information content (AvgIpc) is 2.67. The predicted octanol–water partition coefficient (Wildman–Crippen LogP) is 1.86. The molecule has 0 atom stereocenters. The summed E-state index contributed by atoms with van der Waals surface area (Å²) < 4.78 is 4.93. The van der Waals surface area contributed by atoms with Crippen LogP contribution in [0.25, 0.3) is 0 Å². The molecule has 0 unspecified atom stereocenters. The quantitative estimate of drug-likeness (QED) is 0.757. The third-order valence-corrected chi connectivity index (χ3v) is 2.66. The predicted molar refractivity (Wildman–Crippen MR) is 48.8 cm³/mol. The van der Waals surface area contributed by atoms with E-state index in [9.17, 15) is 0 Å². The second-order valence-corrected chi connectivity index (χ2v) is 3.54. The van der Waals surface area contributed by atoms with Crippen LogP contribution in [0.2, 0.25) is 0 Å². The van der Waals surface area contributed by atoms with Crippen molar-refractivity contribution >= 4 is 0 Å². The zero-order chi connectivity index (χ0) is 9.10. The van der Waals surface area contributed by atoms with Gasteiger partial charge in [0.05, 0.1) is 7.11 Å². The van der Waals surface area contributed by atoms with Gasteiger partial charge in [-0.05, 0) is 12.8 Å². The lowest BCUT2D eigenvalue weighted by molar-refractivity contribution is 0.379. The van der Waals surface area contributed by atoms with E-state index in [-0.39, 0.29) is 0 Å². The maximum Gasteiger partial charge on any atom is 0.335 e. The second-order valence-electron chi connectivity index (χ2n) is 3.54. The highest BCUT2D eigenvalue weighted by atomic mass is 16.5. The minimum Gasteiger partial charge on any atom is -0.466 e. The van der Waals surface area contributed by atoms with Gasteiger partial charge < -0.3 is 4.74 Å². The van der Waals surface area contributed by atoms with Crippen molar-refractivity contribution in [1.29, 1.82) is 0 Å². The molecule has 0 aliphatic heterocycles. The molecule has 1 aliphatic rings. The topological polar surface area (TPSA) is 50.8 Å². The zero-order valence-corrected chi connectivity index (χ0v) is 7.92. The van der Waals surface area contributed by atoms with Gasteiger partial charge in [-0.15, -0.1) is 5.10 Å². The number of aromatic nitrogens is 3. The number of rotatable bonds is 2. The lowest BCUT2D eigenvalue weighted by atomic mass is 9.89. The van der Waals surface area contributed by atoms with Crippen molar-refractivity contribution in [3.63, 3.8) is 0 Å². The Morgan fingerprint density at radius 1 is 1.31 bits per heavy atom. The number of ether oxygens (including phenoxy) is 1. The SMILES string of the molecule is COc1n[nH]c(C2CCCCC2)n1. The van der Waals surface area contributed by atoms with Crippen molar-refractivity contribution in [2.75, 3.05) is 7.11 Å². The molecule has 0 spiro atoms. The zero-order valence-electron chi connectivity index (χ0n) is 7.92. The Kier molecular flexibility index (Phi) is 2.47. The van der Waals surface area contributed by atoms with Gasteiger partial charge >= 0.3 is 6.01 Å². The van der Waals surface area contributed by atoms with Gasteiger partial charge in [0.15, 0.2) is 0 Å². The van der Waals surface area contributed by atoms with Crippen molar-refractivity contribution in [2.45, 2.75) is 38.0 Å². The van der Waals surface area contributed by atoms with Crippen LogP contribution in [0, 0.1) is 0 Å². The fourth-order valence-corrected chi connectivity index (χ4v) is 1.91. The fraction of sp³-hybridized carbons (Fsp3) is 0.778. The van der Waals surface area contributed by atoms with Gasteiger partial charge in [0.2, 0.25) is 0 Å². The summed E-state index contributed by atoms with van der Waals surface area (Å²) >= 11 is 0. The molecule has 2 rings (SSSR count). The van der Waals surface area contributed by atoms with E-state index in [0.717, 1.165) is 5.82 Å². The maximum absolute atomic E-state index is 4.93. The van der Waals surface area contributed by atoms with Crippen LogP contribution in [-0.4, -0.2) is 22.3 Å². The van der Waals surface area contributed by atoms with Gasteiger partial charge in [-0.1, -0.05) is 19.3 Å². The van der Waals surface area contributed by atoms with Gasteiger partial charge in [0.1, 0.15) is 5.82 Å². The van der Waals surface area contributed by atoms with Gasteiger partial charge in [-0.25, -0.2) is 0 Å². The van der Waals surface area contributed by atoms with Gasteiger partial charge in [-0.3, -0.25) is 5.10 Å². The van der Waals surface area contributed by atoms with Gasteiger partial charge in [0.25, 0.3) is 0 Å². The molecule has 1 aromatic rings. The number of nitrogens with zero attached hydrogens (tertiary/aromatic N) is 2. The Labute approximate surface area is 77.7 Å². The third-order valence-electron chi connectivity index (χ3n) is 2.66. The van der Waals surface area contributed by atoms with Crippen LogP contribution in [0.15, 0.2) is 0 Å². The molecule has 1 saturated carbocycles. The van der Waals surface area contributed by atoms with E-state index in [4.69, 9.17) is 4.74 Å². The standard InChI is InChI=1S/C9H15N3O/c1-13-9-10-8(11-12-9)7-5-3-2-4-6-7/h7H,2-6H2,1H3,(H,10,11,12). The number of methoxy groups -OCH3 is 1. The second kappa shape index (κ2) is 3.77. The fourth-order valence-electron chi connectivity index (χ4n) is 1.91. The van der Waals surface area contributed by atoms with Gasteiger partial charge in [-0.2, -0.15) is 4.98 Å². The summed E-state index contributed by atoms with van der Waals surface area (Å²) in [5.41, 5.74) is 0. The molecular weight excluding hydrogens is 166 g/mol. The number of H-pyrrole nitrogens is 1. The highest BCUT2D eigenvalue weighted by Gasteiger charge is 2.18. The van der Waals surface area contributed by atoms with Crippen molar-refractivity contribution in [2.24, 2.45) is 0 Å². The molecule has 0 aromatic carbocycles. The molecule has 1 aromatic heterocycles. The van der Waals surface area contributed by atoms with Crippen molar-refractivity contribution in [3.8, 4) is 6.01 Å². The summed E-state index contributed by atoms with van der Waals surface area (Å²) in [4.78, 5) is 4.26. The number of hydrogen-bond acceptors (Lipinski definition) is 3. The third kappa shape index (κ3) is 1.82. The van der Waals surface area contributed by atoms with Crippen LogP contribution in [0.1, 0.15) is 43.8 Å². The van der Waals surface area contributed by atoms with E-state index in [2.05, 4.69) is 15.2 Å². The van der Waals surface area contributed by atoms with Crippen LogP contribution >= 0.6 is 0 Å². The first-order valence-electron chi connectivity index (χ1n) is 4.86. The highest BCUT2D eigenvalue weighted by molar-refractivity contribution is 5.01. The minimum atomic E-state index is 0.459. The molecule has 0 bridgehead atoms. The molecule has 4 nitrogen and oxygen atoms in total. The first kappa shape index (κ1) is 8.53. The molecule has 0 saturated heterocycles. The van der Waals surface area contributed by atoms with Crippen LogP contribution in [0.5, 0.6) is 6.01 Å². The lowest BCUT2D eigenvalue weighted by Gasteiger charge is -2.18. The summed E-state index contributed by atoms with van der Waals surface area (Å²) in [6.07, 6.45) is 6.46. The van der Waals surface area contributed by atoms with Crippen molar-refractivity contribution in [1.82, 2.24) is 15.2 Å². The maximum atomic E-state index is 4.93. The molecule has 1 heterocycles. The summed E-state index contributed by atoms with van der Waals surface area (Å²) in [6.45, 7) is 0. The molecule has 0 amide bonds. The Morgan fingerprint density at radius 2 is 2.08 bits per heavy atom. The van der Waals surface area contributed by atoms with E-state index in [0.29, 0.717) is 11.9 Å². The molecular formula is C9H15N3O. The molecule has 72 valence electrons. The van der Waals surface area contributed by atoms with E-state index in [1.807, 2.05) is 0 Å². The van der Waals surface area contributed by atoms with Crippen LogP contribution in [0.4, 0.5) is 0 Å². The Bertz CT molecular complexity index is 266. The van der Waals surface area contributed by atoms with E-state index in [1.54, 1.807) is 7.11 Å². The van der Waals surface area contributed by atoms with E-state index in [1.165, 1.54) is 32.1 Å². The summed E-state index contributed by atoms with van der Waals surface area (Å²) in [7, 11) is 1.59. The molecule has 1 aliphatic carbocycles. The Hall–Kier alpha value is -1.06. The summed E-state index contributed by atoms with van der Waals surface area (Å²) in [6, 6.07) is 0.459. The van der Waals surface area contributed by atoms with Crippen molar-refractivity contribution in [3.05, 3.63) is 5.82 Å². The molecule has 0 radical (unpaired) electrons. The van der Waals surface area contributed by atoms with Gasteiger partial charge in [0, 0.05) is 5.92 Å². The van der Waals surface area contributed by atoms with Crippen LogP contribution in [-0.2, 0) is 0 Å². The monoisotopic (exact) mass is 181 g/mol. The first-order chi connectivity index (χ1) is 6.40. The number of nitrogens with one attached hydrogen (secondary N) is 1. The summed E-state index contributed by atoms with van der Waals surface area (Å²) in [5.74, 6) is 1.57. The molecule has 13 heavy (non-hydrogen) atoms. The molecule has 4 heteroatoms. The smallest absolute Gasteiger partial charge is 0.335 e. The lowest BCUT2D eigenvalue weighted by Crippen LogP contribution is -2.06. The highest BCUT2D eigenvalue weighted by Crippen LogP contribution is 2.30. The Morgan fingerprint density at radius 3 is 2.69 bits per heavy atom. The average molecular weight is 181 g/mol. The van der Waals surface area contributed by atoms with Crippen LogP contribution < -0.4 is 4.74 Å². The number of aromatic amines is 1. The normalized spacial score (nSPS) is 18.8.